The maximum absolute atomic E-state index is 13.9. The molecule has 1 saturated heterocycles. The van der Waals surface area contributed by atoms with Crippen LogP contribution in [0.4, 0.5) is 20.8 Å². The molecule has 5 rings (SSSR count). The predicted octanol–water partition coefficient (Wildman–Crippen LogP) is 4.15. The summed E-state index contributed by atoms with van der Waals surface area (Å²) in [5.74, 6) is 1.48. The van der Waals surface area contributed by atoms with E-state index in [1.54, 1.807) is 41.6 Å². The van der Waals surface area contributed by atoms with E-state index in [4.69, 9.17) is 4.74 Å². The minimum atomic E-state index is -0.418. The van der Waals surface area contributed by atoms with Crippen molar-refractivity contribution in [1.29, 1.82) is 0 Å². The molecule has 1 spiro atoms. The third-order valence-electron chi connectivity index (χ3n) is 6.01. The smallest absolute Gasteiger partial charge is 0.416 e. The van der Waals surface area contributed by atoms with Crippen molar-refractivity contribution in [2.24, 2.45) is 5.92 Å². The van der Waals surface area contributed by atoms with Gasteiger partial charge in [0.2, 0.25) is 0 Å². The van der Waals surface area contributed by atoms with Gasteiger partial charge in [0.05, 0.1) is 6.54 Å². The number of carbonyl (C=O) groups excluding carboxylic acids is 1. The number of nitrogens with one attached hydrogen (secondary N) is 2. The Morgan fingerprint density at radius 3 is 2.77 bits per heavy atom. The van der Waals surface area contributed by atoms with Crippen molar-refractivity contribution in [1.82, 2.24) is 20.0 Å². The van der Waals surface area contributed by atoms with Crippen LogP contribution in [-0.2, 0) is 4.74 Å². The average Bonchev–Trinajstić information content (AvgIpc) is 3.49. The lowest BCUT2D eigenvalue weighted by atomic mass is 9.78. The van der Waals surface area contributed by atoms with Crippen LogP contribution in [0.25, 0.3) is 5.69 Å². The van der Waals surface area contributed by atoms with Crippen molar-refractivity contribution in [2.45, 2.75) is 31.3 Å². The second kappa shape index (κ2) is 8.58. The third-order valence-corrected chi connectivity index (χ3v) is 6.01. The summed E-state index contributed by atoms with van der Waals surface area (Å²) < 4.78 is 21.2. The lowest BCUT2D eigenvalue weighted by Gasteiger charge is -2.35. The van der Waals surface area contributed by atoms with E-state index in [1.807, 2.05) is 6.07 Å². The first kappa shape index (κ1) is 21.2. The van der Waals surface area contributed by atoms with E-state index in [1.165, 1.54) is 10.7 Å². The lowest BCUT2D eigenvalue weighted by molar-refractivity contribution is 0.0148. The molecule has 3 heterocycles. The number of amides is 1. The van der Waals surface area contributed by atoms with E-state index < -0.39 is 5.60 Å². The Hall–Kier alpha value is -3.07. The monoisotopic (exact) mass is 446 g/mol. The highest BCUT2D eigenvalue weighted by Crippen LogP contribution is 2.40. The molecule has 0 unspecified atom stereocenters. The molecule has 2 fully saturated rings. The van der Waals surface area contributed by atoms with Crippen LogP contribution < -0.4 is 10.2 Å². The zero-order chi connectivity index (χ0) is 20.6. The van der Waals surface area contributed by atoms with E-state index in [0.29, 0.717) is 24.0 Å². The number of nitrogens with zero attached hydrogens (tertiary/aromatic N) is 4. The predicted molar refractivity (Wildman–Crippen MR) is 116 cm³/mol. The largest absolute Gasteiger partial charge is 0.441 e. The molecule has 10 heteroatoms. The first-order valence-electron chi connectivity index (χ1n) is 10.2. The summed E-state index contributed by atoms with van der Waals surface area (Å²) in [5, 5.41) is 14.6. The molecule has 31 heavy (non-hydrogen) atoms. The molecule has 0 radical (unpaired) electrons. The Balaban J connectivity index is 0.00000231. The van der Waals surface area contributed by atoms with Crippen LogP contribution in [0.15, 0.2) is 48.8 Å². The molecule has 3 aromatic rings. The summed E-state index contributed by atoms with van der Waals surface area (Å²) in [6, 6.07) is 10.2. The van der Waals surface area contributed by atoms with Gasteiger partial charge in [0.15, 0.2) is 5.82 Å². The van der Waals surface area contributed by atoms with Gasteiger partial charge in [0.1, 0.15) is 22.9 Å². The maximum Gasteiger partial charge on any atom is 0.416 e. The fourth-order valence-electron chi connectivity index (χ4n) is 4.31. The van der Waals surface area contributed by atoms with Crippen LogP contribution in [0, 0.1) is 11.7 Å². The third kappa shape index (κ3) is 4.23. The molecule has 8 nitrogen and oxygen atoms in total. The van der Waals surface area contributed by atoms with Crippen molar-refractivity contribution in [3.63, 3.8) is 0 Å². The molecule has 0 bridgehead atoms. The number of hydrogen-bond acceptors (Lipinski definition) is 5. The summed E-state index contributed by atoms with van der Waals surface area (Å²) in [7, 11) is 0. The number of halogens is 2. The fourth-order valence-corrected chi connectivity index (χ4v) is 4.31. The van der Waals surface area contributed by atoms with Crippen LogP contribution in [0.3, 0.4) is 0 Å². The molecule has 0 atom stereocenters. The normalized spacial score (nSPS) is 22.9. The summed E-state index contributed by atoms with van der Waals surface area (Å²) in [6.45, 7) is 1.32. The Morgan fingerprint density at radius 2 is 2.03 bits per heavy atom. The summed E-state index contributed by atoms with van der Waals surface area (Å²) in [4.78, 5) is 13.9. The molecule has 164 valence electrons. The highest BCUT2D eigenvalue weighted by molar-refractivity contribution is 5.89. The quantitative estimate of drug-likeness (QED) is 0.614. The van der Waals surface area contributed by atoms with Gasteiger partial charge in [0.25, 0.3) is 0 Å². The molecule has 1 saturated carbocycles. The van der Waals surface area contributed by atoms with Crippen LogP contribution in [0.5, 0.6) is 0 Å². The van der Waals surface area contributed by atoms with Gasteiger partial charge in [-0.3, -0.25) is 10.00 Å². The topological polar surface area (TPSA) is 88.1 Å². The van der Waals surface area contributed by atoms with Crippen molar-refractivity contribution < 1.29 is 13.9 Å². The van der Waals surface area contributed by atoms with E-state index in [-0.39, 0.29) is 24.3 Å². The first-order chi connectivity index (χ1) is 14.6. The Labute approximate surface area is 185 Å². The second-order valence-electron chi connectivity index (χ2n) is 7.99. The number of H-pyrrole nitrogens is 1. The van der Waals surface area contributed by atoms with Gasteiger partial charge in [-0.15, -0.1) is 12.4 Å². The van der Waals surface area contributed by atoms with Gasteiger partial charge in [-0.05, 0) is 43.7 Å². The van der Waals surface area contributed by atoms with Gasteiger partial charge in [-0.1, -0.05) is 12.1 Å². The summed E-state index contributed by atoms with van der Waals surface area (Å²) >= 11 is 0. The first-order valence-corrected chi connectivity index (χ1v) is 10.2. The van der Waals surface area contributed by atoms with Crippen molar-refractivity contribution >= 4 is 30.1 Å². The van der Waals surface area contributed by atoms with Crippen LogP contribution in [0.2, 0.25) is 0 Å². The number of benzene rings is 1. The second-order valence-corrected chi connectivity index (χ2v) is 7.99. The maximum atomic E-state index is 13.9. The van der Waals surface area contributed by atoms with E-state index in [0.717, 1.165) is 38.0 Å². The van der Waals surface area contributed by atoms with Gasteiger partial charge in [-0.25, -0.2) is 13.9 Å². The molecule has 2 aliphatic rings. The van der Waals surface area contributed by atoms with Gasteiger partial charge in [-0.2, -0.15) is 10.2 Å². The zero-order valence-corrected chi connectivity index (χ0v) is 17.6. The Bertz CT molecular complexity index is 1030. The number of anilines is 2. The highest BCUT2D eigenvalue weighted by Gasteiger charge is 2.48. The van der Waals surface area contributed by atoms with Crippen LogP contribution in [0.1, 0.15) is 25.7 Å². The van der Waals surface area contributed by atoms with E-state index >= 15 is 0 Å². The zero-order valence-electron chi connectivity index (χ0n) is 16.8. The number of para-hydroxylation sites is 1. The molecule has 1 aliphatic heterocycles. The van der Waals surface area contributed by atoms with Crippen molar-refractivity contribution in [3.05, 3.63) is 54.6 Å². The van der Waals surface area contributed by atoms with Crippen LogP contribution >= 0.6 is 12.4 Å². The minimum absolute atomic E-state index is 0. The number of aromatic nitrogens is 4. The number of aromatic amines is 1. The summed E-state index contributed by atoms with van der Waals surface area (Å²) in [6.07, 6.45) is 6.70. The highest BCUT2D eigenvalue weighted by atomic mass is 35.5. The molecule has 2 aromatic heterocycles. The molecule has 1 aliphatic carbocycles. The van der Waals surface area contributed by atoms with Gasteiger partial charge >= 0.3 is 6.09 Å². The number of hydrogen-bond donors (Lipinski definition) is 2. The standard InChI is InChI=1S/C21H23FN6O2.ClH/c22-16-3-1-2-4-17(16)28-12-8-18(26-28)23-13-15-5-9-21(10-6-15)14-27(20(29)30-21)19-7-11-24-25-19;/h1-4,7-8,11-12,15H,5-6,9-10,13-14H2,(H,23,26)(H,24,25);1H. The molecule has 1 amide bonds. The number of rotatable bonds is 5. The minimum Gasteiger partial charge on any atom is -0.441 e. The molecule has 2 N–H and O–H groups in total. The molecular weight excluding hydrogens is 423 g/mol. The molecular formula is C21H24ClFN6O2. The Kier molecular flexibility index (Phi) is 5.86. The SMILES string of the molecule is Cl.O=C1OC2(CCC(CNc3ccn(-c4ccccc4F)n3)CC2)CN1c1cc[nH]n1. The fraction of sp³-hybridized carbons (Fsp3) is 0.381. The lowest BCUT2D eigenvalue weighted by Crippen LogP contribution is -2.39. The molecule has 1 aromatic carbocycles. The van der Waals surface area contributed by atoms with Crippen molar-refractivity contribution in [3.8, 4) is 5.69 Å². The Morgan fingerprint density at radius 1 is 1.23 bits per heavy atom. The average molecular weight is 447 g/mol. The number of ether oxygens (including phenoxy) is 1. The van der Waals surface area contributed by atoms with Crippen molar-refractivity contribution in [2.75, 3.05) is 23.3 Å². The van der Waals surface area contributed by atoms with Crippen LogP contribution in [-0.4, -0.2) is 44.8 Å². The van der Waals surface area contributed by atoms with E-state index in [2.05, 4.69) is 20.6 Å². The van der Waals surface area contributed by atoms with E-state index in [9.17, 15) is 9.18 Å². The van der Waals surface area contributed by atoms with Gasteiger partial charge < -0.3 is 10.1 Å². The van der Waals surface area contributed by atoms with Gasteiger partial charge in [0, 0.05) is 31.1 Å². The summed E-state index contributed by atoms with van der Waals surface area (Å²) in [5.41, 5.74) is 0.00791. The number of carbonyl (C=O) groups is 1.